The van der Waals surface area contributed by atoms with Gasteiger partial charge in [-0.15, -0.1) is 0 Å². The first-order valence-electron chi connectivity index (χ1n) is 6.66. The Morgan fingerprint density at radius 2 is 2.17 bits per heavy atom. The number of thioether (sulfide) groups is 1. The molecule has 0 bridgehead atoms. The normalized spacial score (nSPS) is 24.0. The first kappa shape index (κ1) is 15.3. The molecule has 1 aliphatic rings. The summed E-state index contributed by atoms with van der Waals surface area (Å²) in [6.07, 6.45) is 3.47. The molecular formula is C13H23NO3S. The van der Waals surface area contributed by atoms with Gasteiger partial charge in [0.1, 0.15) is 0 Å². The Labute approximate surface area is 113 Å². The molecule has 0 aromatic heterocycles. The Hall–Kier alpha value is -0.710. The number of carbonyl (C=O) groups is 2. The Morgan fingerprint density at radius 1 is 1.44 bits per heavy atom. The molecule has 2 atom stereocenters. The average Bonchev–Trinajstić information content (AvgIpc) is 2.34. The molecule has 5 heteroatoms. The van der Waals surface area contributed by atoms with Gasteiger partial charge in [-0.05, 0) is 31.9 Å². The lowest BCUT2D eigenvalue weighted by Crippen LogP contribution is -2.46. The number of unbranched alkanes of at least 4 members (excludes halogenated alkanes) is 1. The average molecular weight is 273 g/mol. The van der Waals surface area contributed by atoms with Gasteiger partial charge in [0.15, 0.2) is 0 Å². The summed E-state index contributed by atoms with van der Waals surface area (Å²) in [4.78, 5) is 24.8. The van der Waals surface area contributed by atoms with E-state index in [4.69, 9.17) is 5.11 Å². The van der Waals surface area contributed by atoms with Crippen LogP contribution < -0.4 is 0 Å². The summed E-state index contributed by atoms with van der Waals surface area (Å²) >= 11 is 1.68. The van der Waals surface area contributed by atoms with Gasteiger partial charge in [0.2, 0.25) is 5.91 Å². The minimum atomic E-state index is -0.730. The van der Waals surface area contributed by atoms with E-state index in [2.05, 4.69) is 6.92 Å². The van der Waals surface area contributed by atoms with E-state index in [1.807, 2.05) is 11.8 Å². The van der Waals surface area contributed by atoms with Crippen LogP contribution in [0, 0.1) is 5.92 Å². The third-order valence-electron chi connectivity index (χ3n) is 3.41. The zero-order valence-electron chi connectivity index (χ0n) is 11.2. The number of likely N-dealkylation sites (tertiary alicyclic amines) is 1. The van der Waals surface area contributed by atoms with Crippen LogP contribution in [0.15, 0.2) is 0 Å². The van der Waals surface area contributed by atoms with Crippen molar-refractivity contribution < 1.29 is 14.7 Å². The van der Waals surface area contributed by atoms with Crippen molar-refractivity contribution in [1.29, 1.82) is 0 Å². The van der Waals surface area contributed by atoms with Gasteiger partial charge in [-0.2, -0.15) is 11.8 Å². The minimum Gasteiger partial charge on any atom is -0.481 e. The van der Waals surface area contributed by atoms with Crippen molar-refractivity contribution in [2.75, 3.05) is 18.1 Å². The van der Waals surface area contributed by atoms with Gasteiger partial charge in [0.05, 0.1) is 11.7 Å². The molecule has 4 nitrogen and oxygen atoms in total. The molecule has 0 aromatic carbocycles. The summed E-state index contributed by atoms with van der Waals surface area (Å²) in [6.45, 7) is 4.68. The van der Waals surface area contributed by atoms with E-state index in [-0.39, 0.29) is 17.9 Å². The Bertz CT molecular complexity index is 296. The molecule has 0 radical (unpaired) electrons. The molecule has 104 valence electrons. The largest absolute Gasteiger partial charge is 0.481 e. The summed E-state index contributed by atoms with van der Waals surface area (Å²) in [5.74, 6) is 0.708. The molecule has 0 aliphatic carbocycles. The predicted octanol–water partition coefficient (Wildman–Crippen LogP) is 2.23. The molecule has 1 rings (SSSR count). The number of amides is 1. The van der Waals surface area contributed by atoms with E-state index in [1.54, 1.807) is 11.8 Å². The number of hydrogen-bond donors (Lipinski definition) is 1. The van der Waals surface area contributed by atoms with Crippen LogP contribution in [0.25, 0.3) is 0 Å². The predicted molar refractivity (Wildman–Crippen MR) is 73.8 cm³/mol. The molecule has 1 aliphatic heterocycles. The van der Waals surface area contributed by atoms with Crippen LogP contribution in [0.2, 0.25) is 0 Å². The highest BCUT2D eigenvalue weighted by Crippen LogP contribution is 2.23. The number of rotatable bonds is 6. The third kappa shape index (κ3) is 4.52. The summed E-state index contributed by atoms with van der Waals surface area (Å²) < 4.78 is 0. The molecule has 18 heavy (non-hydrogen) atoms. The lowest BCUT2D eigenvalue weighted by molar-refractivity contribution is -0.146. The number of carboxylic acid groups (broad SMARTS) is 1. The molecule has 1 N–H and O–H groups in total. The maximum Gasteiger partial charge on any atom is 0.306 e. The van der Waals surface area contributed by atoms with Crippen LogP contribution in [-0.2, 0) is 9.59 Å². The van der Waals surface area contributed by atoms with Gasteiger partial charge in [0.25, 0.3) is 0 Å². The van der Waals surface area contributed by atoms with E-state index in [9.17, 15) is 9.59 Å². The van der Waals surface area contributed by atoms with Gasteiger partial charge in [-0.3, -0.25) is 9.59 Å². The van der Waals surface area contributed by atoms with Crippen molar-refractivity contribution in [3.05, 3.63) is 0 Å². The van der Waals surface area contributed by atoms with Crippen molar-refractivity contribution >= 4 is 23.6 Å². The van der Waals surface area contributed by atoms with Crippen molar-refractivity contribution in [1.82, 2.24) is 4.90 Å². The molecule has 1 saturated heterocycles. The van der Waals surface area contributed by atoms with Crippen molar-refractivity contribution in [2.45, 2.75) is 45.6 Å². The minimum absolute atomic E-state index is 0.0547. The van der Waals surface area contributed by atoms with E-state index < -0.39 is 5.97 Å². The lowest BCUT2D eigenvalue weighted by Gasteiger charge is -2.36. The Kier molecular flexibility index (Phi) is 6.54. The highest BCUT2D eigenvalue weighted by atomic mass is 32.2. The fourth-order valence-electron chi connectivity index (χ4n) is 2.26. The Balaban J connectivity index is 2.34. The van der Waals surface area contributed by atoms with Crippen molar-refractivity contribution in [3.63, 3.8) is 0 Å². The van der Waals surface area contributed by atoms with Crippen LogP contribution in [0.4, 0.5) is 0 Å². The second-order valence-electron chi connectivity index (χ2n) is 4.90. The summed E-state index contributed by atoms with van der Waals surface area (Å²) in [6, 6.07) is 0.0547. The molecule has 2 unspecified atom stereocenters. The maximum atomic E-state index is 12.0. The fraction of sp³-hybridized carbons (Fsp3) is 0.846. The first-order chi connectivity index (χ1) is 8.56. The monoisotopic (exact) mass is 273 g/mol. The summed E-state index contributed by atoms with van der Waals surface area (Å²) in [7, 11) is 0. The standard InChI is InChI=1S/C13H23NO3S/c1-3-4-7-18-9-12(15)14-6-5-11(13(16)17)8-10(14)2/h10-11H,3-9H2,1-2H3,(H,16,17). The molecule has 0 aromatic rings. The fourth-order valence-corrected chi connectivity index (χ4v) is 3.23. The SMILES string of the molecule is CCCCSCC(=O)N1CCC(C(=O)O)CC1C. The Morgan fingerprint density at radius 3 is 2.72 bits per heavy atom. The summed E-state index contributed by atoms with van der Waals surface area (Å²) in [5.41, 5.74) is 0. The van der Waals surface area contributed by atoms with Crippen LogP contribution in [0.1, 0.15) is 39.5 Å². The maximum absolute atomic E-state index is 12.0. The van der Waals surface area contributed by atoms with Gasteiger partial charge in [-0.1, -0.05) is 13.3 Å². The number of carboxylic acids is 1. The van der Waals surface area contributed by atoms with Crippen molar-refractivity contribution in [3.8, 4) is 0 Å². The van der Waals surface area contributed by atoms with E-state index in [0.29, 0.717) is 25.1 Å². The number of carbonyl (C=O) groups excluding carboxylic acids is 1. The van der Waals surface area contributed by atoms with E-state index in [0.717, 1.165) is 18.6 Å². The first-order valence-corrected chi connectivity index (χ1v) is 7.81. The smallest absolute Gasteiger partial charge is 0.306 e. The lowest BCUT2D eigenvalue weighted by atomic mass is 9.92. The number of aliphatic carboxylic acids is 1. The molecule has 1 fully saturated rings. The second-order valence-corrected chi connectivity index (χ2v) is 6.01. The van der Waals surface area contributed by atoms with Gasteiger partial charge < -0.3 is 10.0 Å². The zero-order valence-corrected chi connectivity index (χ0v) is 12.0. The third-order valence-corrected chi connectivity index (χ3v) is 4.44. The van der Waals surface area contributed by atoms with E-state index in [1.165, 1.54) is 0 Å². The summed E-state index contributed by atoms with van der Waals surface area (Å²) in [5, 5.41) is 8.97. The zero-order chi connectivity index (χ0) is 13.5. The van der Waals surface area contributed by atoms with E-state index >= 15 is 0 Å². The molecule has 0 spiro atoms. The van der Waals surface area contributed by atoms with Gasteiger partial charge in [-0.25, -0.2) is 0 Å². The highest BCUT2D eigenvalue weighted by molar-refractivity contribution is 7.99. The van der Waals surface area contributed by atoms with Crippen LogP contribution in [0.5, 0.6) is 0 Å². The number of hydrogen-bond acceptors (Lipinski definition) is 3. The van der Waals surface area contributed by atoms with Crippen LogP contribution in [0.3, 0.4) is 0 Å². The highest BCUT2D eigenvalue weighted by Gasteiger charge is 2.31. The number of piperidine rings is 1. The molecule has 1 heterocycles. The van der Waals surface area contributed by atoms with Crippen LogP contribution in [-0.4, -0.2) is 46.0 Å². The van der Waals surface area contributed by atoms with Gasteiger partial charge in [0, 0.05) is 12.6 Å². The van der Waals surface area contributed by atoms with Crippen LogP contribution >= 0.6 is 11.8 Å². The topological polar surface area (TPSA) is 57.6 Å². The van der Waals surface area contributed by atoms with Gasteiger partial charge >= 0.3 is 5.97 Å². The van der Waals surface area contributed by atoms with Crippen molar-refractivity contribution in [2.24, 2.45) is 5.92 Å². The number of nitrogens with zero attached hydrogens (tertiary/aromatic N) is 1. The quantitative estimate of drug-likeness (QED) is 0.754. The molecular weight excluding hydrogens is 250 g/mol. The molecule has 1 amide bonds. The second kappa shape index (κ2) is 7.67. The molecule has 0 saturated carbocycles.